The largest absolute Gasteiger partial charge is 0.508 e. The lowest BCUT2D eigenvalue weighted by molar-refractivity contribution is -0.129. The van der Waals surface area contributed by atoms with E-state index >= 15 is 0 Å². The molecule has 1 rings (SSSR count). The Hall–Kier alpha value is -2.28. The zero-order chi connectivity index (χ0) is 13.9. The predicted molar refractivity (Wildman–Crippen MR) is 60.4 cm³/mol. The molecule has 5 N–H and O–H groups in total. The maximum absolute atomic E-state index is 11.4. The number of rotatable bonds is 4. The minimum absolute atomic E-state index is 0.253. The summed E-state index contributed by atoms with van der Waals surface area (Å²) < 4.78 is 0. The van der Waals surface area contributed by atoms with Crippen molar-refractivity contribution in [3.63, 3.8) is 0 Å². The van der Waals surface area contributed by atoms with Crippen LogP contribution in [0.1, 0.15) is 28.9 Å². The number of likely N-dealkylation sites (N-methyl/N-ethyl adjacent to an activating group) is 1. The first kappa shape index (κ1) is 13.8. The van der Waals surface area contributed by atoms with Gasteiger partial charge < -0.3 is 25.7 Å². The van der Waals surface area contributed by atoms with Crippen molar-refractivity contribution in [1.29, 1.82) is 0 Å². The third kappa shape index (κ3) is 2.69. The normalized spacial score (nSPS) is 11.9. The predicted octanol–water partition coefficient (Wildman–Crippen LogP) is -0.0345. The van der Waals surface area contributed by atoms with E-state index in [1.54, 1.807) is 6.92 Å². The number of carbonyl (C=O) groups excluding carboxylic acids is 1. The molecule has 1 unspecified atom stereocenters. The fourth-order valence-electron chi connectivity index (χ4n) is 1.49. The molecule has 0 radical (unpaired) electrons. The number of aliphatic hydroxyl groups excluding tert-OH is 1. The lowest BCUT2D eigenvalue weighted by Crippen LogP contribution is -2.29. The van der Waals surface area contributed by atoms with Crippen molar-refractivity contribution < 1.29 is 30.0 Å². The van der Waals surface area contributed by atoms with Gasteiger partial charge in [0.05, 0.1) is 0 Å². The first-order valence-corrected chi connectivity index (χ1v) is 5.13. The fourth-order valence-corrected chi connectivity index (χ4v) is 1.49. The lowest BCUT2D eigenvalue weighted by atomic mass is 10.00. The Kier molecular flexibility index (Phi) is 4.11. The molecule has 0 aromatic heterocycles. The van der Waals surface area contributed by atoms with Gasteiger partial charge in [-0.25, -0.2) is 4.79 Å². The van der Waals surface area contributed by atoms with Gasteiger partial charge in [-0.15, -0.1) is 0 Å². The van der Waals surface area contributed by atoms with Gasteiger partial charge in [-0.1, -0.05) is 0 Å². The Morgan fingerprint density at radius 3 is 2.44 bits per heavy atom. The number of carboxylic acid groups (broad SMARTS) is 1. The summed E-state index contributed by atoms with van der Waals surface area (Å²) >= 11 is 0. The Morgan fingerprint density at radius 1 is 1.33 bits per heavy atom. The summed E-state index contributed by atoms with van der Waals surface area (Å²) in [4.78, 5) is 22.4. The average Bonchev–Trinajstić information content (AvgIpc) is 2.26. The minimum Gasteiger partial charge on any atom is -0.508 e. The molecule has 18 heavy (non-hydrogen) atoms. The standard InChI is InChI=1S/C11H13NO6/c1-2-12-10(16)9(15)6-3-5(13)4-7(14)8(6)11(17)18/h3-4,9,13-15H,2H2,1H3,(H,12,16)(H,17,18). The summed E-state index contributed by atoms with van der Waals surface area (Å²) in [5.41, 5.74) is -0.988. The van der Waals surface area contributed by atoms with Crippen molar-refractivity contribution in [2.24, 2.45) is 0 Å². The molecule has 1 atom stereocenters. The molecule has 7 nitrogen and oxygen atoms in total. The van der Waals surface area contributed by atoms with Crippen LogP contribution in [0.2, 0.25) is 0 Å². The number of carbonyl (C=O) groups is 2. The van der Waals surface area contributed by atoms with Crippen molar-refractivity contribution in [1.82, 2.24) is 5.32 Å². The van der Waals surface area contributed by atoms with E-state index < -0.39 is 35.0 Å². The molecule has 0 spiro atoms. The van der Waals surface area contributed by atoms with Gasteiger partial charge in [0.2, 0.25) is 0 Å². The van der Waals surface area contributed by atoms with Crippen LogP contribution in [0.25, 0.3) is 0 Å². The number of phenols is 2. The maximum atomic E-state index is 11.4. The molecule has 0 aliphatic heterocycles. The van der Waals surface area contributed by atoms with E-state index in [0.717, 1.165) is 12.1 Å². The van der Waals surface area contributed by atoms with Gasteiger partial charge in [-0.2, -0.15) is 0 Å². The van der Waals surface area contributed by atoms with Crippen molar-refractivity contribution in [3.05, 3.63) is 23.3 Å². The van der Waals surface area contributed by atoms with Crippen molar-refractivity contribution in [2.75, 3.05) is 6.54 Å². The van der Waals surface area contributed by atoms with Crippen LogP contribution in [0.5, 0.6) is 11.5 Å². The third-order valence-corrected chi connectivity index (χ3v) is 2.24. The van der Waals surface area contributed by atoms with Gasteiger partial charge in [-0.3, -0.25) is 4.79 Å². The van der Waals surface area contributed by atoms with Crippen LogP contribution in [-0.4, -0.2) is 38.8 Å². The van der Waals surface area contributed by atoms with Crippen LogP contribution < -0.4 is 5.32 Å². The van der Waals surface area contributed by atoms with Gasteiger partial charge in [-0.05, 0) is 13.0 Å². The Bertz CT molecular complexity index is 485. The number of carboxylic acids is 1. The van der Waals surface area contributed by atoms with Crippen LogP contribution in [0.3, 0.4) is 0 Å². The highest BCUT2D eigenvalue weighted by Crippen LogP contribution is 2.31. The maximum Gasteiger partial charge on any atom is 0.339 e. The van der Waals surface area contributed by atoms with E-state index in [9.17, 15) is 24.9 Å². The summed E-state index contributed by atoms with van der Waals surface area (Å²) in [6, 6.07) is 1.74. The lowest BCUT2D eigenvalue weighted by Gasteiger charge is -2.14. The molecule has 1 aromatic carbocycles. The number of aromatic carboxylic acids is 1. The second kappa shape index (κ2) is 5.37. The molecule has 0 saturated carbocycles. The van der Waals surface area contributed by atoms with Crippen molar-refractivity contribution in [2.45, 2.75) is 13.0 Å². The molecule has 7 heteroatoms. The molecule has 0 aliphatic rings. The van der Waals surface area contributed by atoms with Gasteiger partial charge in [0.1, 0.15) is 17.1 Å². The third-order valence-electron chi connectivity index (χ3n) is 2.24. The van der Waals surface area contributed by atoms with E-state index in [4.69, 9.17) is 5.11 Å². The second-order valence-electron chi connectivity index (χ2n) is 3.53. The first-order chi connectivity index (χ1) is 8.38. The molecular formula is C11H13NO6. The van der Waals surface area contributed by atoms with Crippen LogP contribution in [0.4, 0.5) is 0 Å². The second-order valence-corrected chi connectivity index (χ2v) is 3.53. The Balaban J connectivity index is 3.29. The zero-order valence-electron chi connectivity index (χ0n) is 9.54. The van der Waals surface area contributed by atoms with E-state index in [1.807, 2.05) is 0 Å². The van der Waals surface area contributed by atoms with E-state index in [0.29, 0.717) is 0 Å². The molecule has 0 bridgehead atoms. The molecule has 0 heterocycles. The highest BCUT2D eigenvalue weighted by molar-refractivity contribution is 5.95. The van der Waals surface area contributed by atoms with Crippen LogP contribution in [0, 0.1) is 0 Å². The van der Waals surface area contributed by atoms with E-state index in [2.05, 4.69) is 5.32 Å². The number of aromatic hydroxyl groups is 2. The highest BCUT2D eigenvalue weighted by Gasteiger charge is 2.26. The molecule has 98 valence electrons. The summed E-state index contributed by atoms with van der Waals surface area (Å²) in [7, 11) is 0. The van der Waals surface area contributed by atoms with Crippen LogP contribution in [-0.2, 0) is 4.79 Å². The average molecular weight is 255 g/mol. The SMILES string of the molecule is CCNC(=O)C(O)c1cc(O)cc(O)c1C(=O)O. The van der Waals surface area contributed by atoms with E-state index in [-0.39, 0.29) is 12.1 Å². The zero-order valence-corrected chi connectivity index (χ0v) is 9.54. The summed E-state index contributed by atoms with van der Waals surface area (Å²) in [6.45, 7) is 1.88. The Labute approximate surface area is 102 Å². The number of aliphatic hydroxyl groups is 1. The van der Waals surface area contributed by atoms with Gasteiger partial charge in [0, 0.05) is 18.2 Å². The van der Waals surface area contributed by atoms with Crippen molar-refractivity contribution in [3.8, 4) is 11.5 Å². The van der Waals surface area contributed by atoms with E-state index in [1.165, 1.54) is 0 Å². The minimum atomic E-state index is -1.78. The smallest absolute Gasteiger partial charge is 0.339 e. The summed E-state index contributed by atoms with van der Waals surface area (Å²) in [5.74, 6) is -3.49. The molecular weight excluding hydrogens is 242 g/mol. The molecule has 0 fully saturated rings. The molecule has 0 saturated heterocycles. The first-order valence-electron chi connectivity index (χ1n) is 5.13. The number of phenolic OH excluding ortho intramolecular Hbond substituents is 1. The highest BCUT2D eigenvalue weighted by atomic mass is 16.4. The van der Waals surface area contributed by atoms with Crippen molar-refractivity contribution >= 4 is 11.9 Å². The molecule has 1 amide bonds. The van der Waals surface area contributed by atoms with Crippen LogP contribution >= 0.6 is 0 Å². The number of benzene rings is 1. The van der Waals surface area contributed by atoms with Crippen LogP contribution in [0.15, 0.2) is 12.1 Å². The summed E-state index contributed by atoms with van der Waals surface area (Å²) in [6.07, 6.45) is -1.78. The number of nitrogens with one attached hydrogen (secondary N) is 1. The van der Waals surface area contributed by atoms with Gasteiger partial charge >= 0.3 is 5.97 Å². The number of hydrogen-bond donors (Lipinski definition) is 5. The topological polar surface area (TPSA) is 127 Å². The van der Waals surface area contributed by atoms with Gasteiger partial charge in [0.25, 0.3) is 5.91 Å². The quantitative estimate of drug-likeness (QED) is 0.514. The monoisotopic (exact) mass is 255 g/mol. The fraction of sp³-hybridized carbons (Fsp3) is 0.273. The summed E-state index contributed by atoms with van der Waals surface area (Å²) in [5, 5.41) is 39.6. The number of amides is 1. The Morgan fingerprint density at radius 2 is 1.94 bits per heavy atom. The molecule has 1 aromatic rings. The number of hydrogen-bond acceptors (Lipinski definition) is 5. The van der Waals surface area contributed by atoms with Gasteiger partial charge in [0.15, 0.2) is 6.10 Å². The molecule has 0 aliphatic carbocycles.